The first-order chi connectivity index (χ1) is 13.1. The van der Waals surface area contributed by atoms with Gasteiger partial charge in [0.25, 0.3) is 11.8 Å². The van der Waals surface area contributed by atoms with Gasteiger partial charge < -0.3 is 9.64 Å². The van der Waals surface area contributed by atoms with Crippen molar-refractivity contribution in [1.29, 1.82) is 0 Å². The van der Waals surface area contributed by atoms with Crippen molar-refractivity contribution in [3.05, 3.63) is 65.2 Å². The van der Waals surface area contributed by atoms with Crippen molar-refractivity contribution in [3.63, 3.8) is 0 Å². The van der Waals surface area contributed by atoms with Crippen molar-refractivity contribution < 1.29 is 19.1 Å². The molecule has 6 heteroatoms. The number of hydrogen-bond acceptors (Lipinski definition) is 4. The summed E-state index contributed by atoms with van der Waals surface area (Å²) in [5.74, 6) is -0.239. The Balaban J connectivity index is 1.51. The maximum absolute atomic E-state index is 12.9. The van der Waals surface area contributed by atoms with Crippen molar-refractivity contribution in [3.8, 4) is 5.75 Å². The van der Waals surface area contributed by atoms with Crippen LogP contribution in [0.4, 0.5) is 0 Å². The number of benzene rings is 2. The molecular formula is C21H20N2O4. The molecule has 2 aromatic rings. The number of hydrogen-bond donors (Lipinski definition) is 0. The van der Waals surface area contributed by atoms with E-state index in [9.17, 15) is 14.4 Å². The number of likely N-dealkylation sites (tertiary alicyclic amines) is 1. The van der Waals surface area contributed by atoms with Crippen molar-refractivity contribution in [2.45, 2.75) is 18.9 Å². The van der Waals surface area contributed by atoms with Crippen LogP contribution in [0.5, 0.6) is 5.75 Å². The summed E-state index contributed by atoms with van der Waals surface area (Å²) in [6, 6.07) is 14.3. The van der Waals surface area contributed by atoms with E-state index in [0.29, 0.717) is 17.7 Å². The SMILES string of the molecule is COc1ccc([C@H]2CCCN2C(=O)CN2C(=O)c3ccccc3C2=O)cc1. The zero-order valence-electron chi connectivity index (χ0n) is 15.1. The second-order valence-electron chi connectivity index (χ2n) is 6.76. The van der Waals surface area contributed by atoms with Gasteiger partial charge in [0.15, 0.2) is 0 Å². The monoisotopic (exact) mass is 364 g/mol. The van der Waals surface area contributed by atoms with Gasteiger partial charge in [-0.1, -0.05) is 24.3 Å². The number of fused-ring (bicyclic) bond motifs is 1. The van der Waals surface area contributed by atoms with E-state index in [4.69, 9.17) is 4.74 Å². The molecule has 6 nitrogen and oxygen atoms in total. The number of carbonyl (C=O) groups is 3. The Hall–Kier alpha value is -3.15. The number of nitrogens with zero attached hydrogens (tertiary/aromatic N) is 2. The lowest BCUT2D eigenvalue weighted by Crippen LogP contribution is -2.42. The molecular weight excluding hydrogens is 344 g/mol. The first kappa shape index (κ1) is 17.3. The van der Waals surface area contributed by atoms with E-state index in [1.165, 1.54) is 0 Å². The Morgan fingerprint density at radius 3 is 2.26 bits per heavy atom. The lowest BCUT2D eigenvalue weighted by atomic mass is 10.0. The fraction of sp³-hybridized carbons (Fsp3) is 0.286. The fourth-order valence-electron chi connectivity index (χ4n) is 3.85. The summed E-state index contributed by atoms with van der Waals surface area (Å²) < 4.78 is 5.19. The van der Waals surface area contributed by atoms with Gasteiger partial charge in [0.1, 0.15) is 12.3 Å². The normalized spacial score (nSPS) is 18.8. The molecule has 0 aliphatic carbocycles. The van der Waals surface area contributed by atoms with Crippen LogP contribution >= 0.6 is 0 Å². The molecule has 0 radical (unpaired) electrons. The molecule has 1 fully saturated rings. The third-order valence-electron chi connectivity index (χ3n) is 5.25. The standard InChI is InChI=1S/C21H20N2O4/c1-27-15-10-8-14(9-11-15)18-7-4-12-22(18)19(24)13-23-20(25)16-5-2-3-6-17(16)21(23)26/h2-3,5-6,8-11,18H,4,7,12-13H2,1H3/t18-/m1/s1. The maximum Gasteiger partial charge on any atom is 0.262 e. The summed E-state index contributed by atoms with van der Waals surface area (Å²) in [6.45, 7) is 0.400. The maximum atomic E-state index is 12.9. The predicted molar refractivity (Wildman–Crippen MR) is 98.5 cm³/mol. The number of imide groups is 1. The van der Waals surface area contributed by atoms with Crippen LogP contribution in [0.25, 0.3) is 0 Å². The van der Waals surface area contributed by atoms with E-state index in [1.54, 1.807) is 36.3 Å². The highest BCUT2D eigenvalue weighted by atomic mass is 16.5. The largest absolute Gasteiger partial charge is 0.497 e. The van der Waals surface area contributed by atoms with Gasteiger partial charge in [-0.05, 0) is 42.7 Å². The fourth-order valence-corrected chi connectivity index (χ4v) is 3.85. The summed E-state index contributed by atoms with van der Waals surface area (Å²) in [4.78, 5) is 40.7. The Morgan fingerprint density at radius 2 is 1.67 bits per heavy atom. The molecule has 27 heavy (non-hydrogen) atoms. The second kappa shape index (κ2) is 6.87. The summed E-state index contributed by atoms with van der Waals surface area (Å²) in [5.41, 5.74) is 1.76. The Bertz CT molecular complexity index is 872. The molecule has 138 valence electrons. The molecule has 0 unspecified atom stereocenters. The van der Waals surface area contributed by atoms with Crippen molar-refractivity contribution in [2.24, 2.45) is 0 Å². The summed E-state index contributed by atoms with van der Waals surface area (Å²) in [7, 11) is 1.61. The molecule has 1 saturated heterocycles. The number of ether oxygens (including phenoxy) is 1. The van der Waals surface area contributed by atoms with Crippen LogP contribution in [-0.2, 0) is 4.79 Å². The van der Waals surface area contributed by atoms with Crippen molar-refractivity contribution in [1.82, 2.24) is 9.80 Å². The zero-order valence-corrected chi connectivity index (χ0v) is 15.1. The topological polar surface area (TPSA) is 66.9 Å². The number of methoxy groups -OCH3 is 1. The first-order valence-corrected chi connectivity index (χ1v) is 8.99. The van der Waals surface area contributed by atoms with E-state index in [2.05, 4.69) is 0 Å². The van der Waals surface area contributed by atoms with Gasteiger partial charge in [0, 0.05) is 6.54 Å². The highest BCUT2D eigenvalue weighted by Crippen LogP contribution is 2.33. The van der Waals surface area contributed by atoms with Gasteiger partial charge in [-0.15, -0.1) is 0 Å². The summed E-state index contributed by atoms with van der Waals surface area (Å²) in [5, 5.41) is 0. The van der Waals surface area contributed by atoms with Crippen LogP contribution in [0.15, 0.2) is 48.5 Å². The molecule has 0 spiro atoms. The van der Waals surface area contributed by atoms with Crippen LogP contribution in [0.2, 0.25) is 0 Å². The molecule has 0 N–H and O–H groups in total. The molecule has 3 amide bonds. The lowest BCUT2D eigenvalue weighted by Gasteiger charge is -2.27. The molecule has 2 heterocycles. The Labute approximate surface area is 157 Å². The molecule has 0 bridgehead atoms. The predicted octanol–water partition coefficient (Wildman–Crippen LogP) is 2.65. The molecule has 0 saturated carbocycles. The zero-order chi connectivity index (χ0) is 19.0. The van der Waals surface area contributed by atoms with E-state index in [0.717, 1.165) is 29.1 Å². The minimum Gasteiger partial charge on any atom is -0.497 e. The van der Waals surface area contributed by atoms with Gasteiger partial charge in [-0.3, -0.25) is 19.3 Å². The van der Waals surface area contributed by atoms with Gasteiger partial charge in [0.2, 0.25) is 5.91 Å². The van der Waals surface area contributed by atoms with E-state index < -0.39 is 11.8 Å². The van der Waals surface area contributed by atoms with Gasteiger partial charge >= 0.3 is 0 Å². The van der Waals surface area contributed by atoms with Crippen molar-refractivity contribution >= 4 is 17.7 Å². The minimum absolute atomic E-state index is 0.0430. The number of carbonyl (C=O) groups excluding carboxylic acids is 3. The van der Waals surface area contributed by atoms with Gasteiger partial charge in [0.05, 0.1) is 24.3 Å². The second-order valence-corrected chi connectivity index (χ2v) is 6.76. The summed E-state index contributed by atoms with van der Waals surface area (Å²) >= 11 is 0. The van der Waals surface area contributed by atoms with Gasteiger partial charge in [-0.2, -0.15) is 0 Å². The molecule has 1 atom stereocenters. The smallest absolute Gasteiger partial charge is 0.262 e. The quantitative estimate of drug-likeness (QED) is 0.783. The van der Waals surface area contributed by atoms with Crippen LogP contribution in [0.3, 0.4) is 0 Å². The molecule has 0 aromatic heterocycles. The number of amides is 3. The highest BCUT2D eigenvalue weighted by Gasteiger charge is 2.38. The molecule has 2 aliphatic heterocycles. The van der Waals surface area contributed by atoms with Crippen molar-refractivity contribution in [2.75, 3.05) is 20.2 Å². The number of rotatable bonds is 4. The molecule has 4 rings (SSSR count). The molecule has 2 aromatic carbocycles. The Kier molecular flexibility index (Phi) is 4.39. The Morgan fingerprint density at radius 1 is 1.04 bits per heavy atom. The van der Waals surface area contributed by atoms with E-state index in [-0.39, 0.29) is 18.5 Å². The van der Waals surface area contributed by atoms with Crippen LogP contribution < -0.4 is 4.74 Å². The lowest BCUT2D eigenvalue weighted by molar-refractivity contribution is -0.132. The average Bonchev–Trinajstić information content (AvgIpc) is 3.28. The minimum atomic E-state index is -0.399. The van der Waals surface area contributed by atoms with Crippen LogP contribution in [0.1, 0.15) is 45.2 Å². The van der Waals surface area contributed by atoms with Crippen LogP contribution in [0, 0.1) is 0 Å². The van der Waals surface area contributed by atoms with E-state index >= 15 is 0 Å². The summed E-state index contributed by atoms with van der Waals surface area (Å²) in [6.07, 6.45) is 1.75. The first-order valence-electron chi connectivity index (χ1n) is 8.99. The van der Waals surface area contributed by atoms with E-state index in [1.807, 2.05) is 24.3 Å². The van der Waals surface area contributed by atoms with Gasteiger partial charge in [-0.25, -0.2) is 0 Å². The van der Waals surface area contributed by atoms with Crippen LogP contribution in [-0.4, -0.2) is 47.7 Å². The third-order valence-corrected chi connectivity index (χ3v) is 5.25. The molecule has 2 aliphatic rings. The third kappa shape index (κ3) is 2.97. The highest BCUT2D eigenvalue weighted by molar-refractivity contribution is 6.22. The average molecular weight is 364 g/mol.